The van der Waals surface area contributed by atoms with Crippen LogP contribution >= 0.6 is 12.2 Å². The van der Waals surface area contributed by atoms with Crippen molar-refractivity contribution in [2.75, 3.05) is 19.6 Å². The molecule has 3 nitrogen and oxygen atoms in total. The second-order valence-electron chi connectivity index (χ2n) is 6.38. The number of hydrogen-bond donors (Lipinski definition) is 2. The Labute approximate surface area is 138 Å². The van der Waals surface area contributed by atoms with Crippen LogP contribution in [0.1, 0.15) is 18.4 Å². The van der Waals surface area contributed by atoms with Crippen molar-refractivity contribution < 1.29 is 0 Å². The maximum atomic E-state index is 5.40. The summed E-state index contributed by atoms with van der Waals surface area (Å²) in [7, 11) is 0. The Bertz CT molecular complexity index is 516. The number of benzene rings is 1. The standard InChI is InChI=1S/C18H25N3S/c1-2-15-13-21-9-8-16(15)10-17(21)12-20-18(22)19-11-14-6-4-3-5-7-14/h2-7,15-17H,1,8-13H2,(H2,19,20,22). The van der Waals surface area contributed by atoms with Crippen molar-refractivity contribution in [2.45, 2.75) is 25.4 Å². The highest BCUT2D eigenvalue weighted by atomic mass is 32.1. The lowest BCUT2D eigenvalue weighted by atomic mass is 9.76. The Morgan fingerprint density at radius 2 is 2.14 bits per heavy atom. The zero-order chi connectivity index (χ0) is 15.4. The zero-order valence-corrected chi connectivity index (χ0v) is 13.8. The molecule has 0 saturated carbocycles. The van der Waals surface area contributed by atoms with Crippen LogP contribution in [0.4, 0.5) is 0 Å². The Hall–Kier alpha value is -1.39. The van der Waals surface area contributed by atoms with Gasteiger partial charge in [0.15, 0.2) is 5.11 Å². The van der Waals surface area contributed by atoms with Gasteiger partial charge in [-0.2, -0.15) is 0 Å². The van der Waals surface area contributed by atoms with Crippen molar-refractivity contribution in [3.63, 3.8) is 0 Å². The normalized spacial score (nSPS) is 29.8. The molecule has 4 heteroatoms. The highest BCUT2D eigenvalue weighted by Gasteiger charge is 2.38. The van der Waals surface area contributed by atoms with Crippen LogP contribution in [-0.2, 0) is 6.54 Å². The molecule has 3 aliphatic rings. The molecule has 22 heavy (non-hydrogen) atoms. The third-order valence-electron chi connectivity index (χ3n) is 5.03. The molecule has 0 aliphatic carbocycles. The van der Waals surface area contributed by atoms with E-state index < -0.39 is 0 Å². The molecule has 0 radical (unpaired) electrons. The minimum absolute atomic E-state index is 0.617. The molecule has 0 spiro atoms. The minimum Gasteiger partial charge on any atom is -0.361 e. The molecule has 4 rings (SSSR count). The van der Waals surface area contributed by atoms with Crippen LogP contribution in [0.15, 0.2) is 43.0 Å². The second kappa shape index (κ2) is 7.25. The van der Waals surface area contributed by atoms with Crippen molar-refractivity contribution in [1.82, 2.24) is 15.5 Å². The summed E-state index contributed by atoms with van der Waals surface area (Å²) in [5.74, 6) is 1.51. The molecular formula is C18H25N3S. The van der Waals surface area contributed by atoms with Crippen molar-refractivity contribution in [3.8, 4) is 0 Å². The van der Waals surface area contributed by atoms with Gasteiger partial charge in [0.1, 0.15) is 0 Å². The third kappa shape index (κ3) is 3.68. The summed E-state index contributed by atoms with van der Waals surface area (Å²) in [5.41, 5.74) is 1.25. The quantitative estimate of drug-likeness (QED) is 0.645. The minimum atomic E-state index is 0.617. The number of nitrogens with one attached hydrogen (secondary N) is 2. The van der Waals surface area contributed by atoms with Crippen LogP contribution < -0.4 is 10.6 Å². The molecule has 3 fully saturated rings. The smallest absolute Gasteiger partial charge is 0.166 e. The van der Waals surface area contributed by atoms with Gasteiger partial charge in [-0.25, -0.2) is 0 Å². The first kappa shape index (κ1) is 15.5. The van der Waals surface area contributed by atoms with Gasteiger partial charge in [0, 0.05) is 25.7 Å². The van der Waals surface area contributed by atoms with E-state index in [1.165, 1.54) is 31.5 Å². The SMILES string of the molecule is C=CC1CN2CCC1CC2CNC(=S)NCc1ccccc1. The van der Waals surface area contributed by atoms with Crippen LogP contribution in [-0.4, -0.2) is 35.7 Å². The summed E-state index contributed by atoms with van der Waals surface area (Å²) in [6.45, 7) is 8.11. The van der Waals surface area contributed by atoms with Gasteiger partial charge >= 0.3 is 0 Å². The van der Waals surface area contributed by atoms with Crippen molar-refractivity contribution >= 4 is 17.3 Å². The maximum Gasteiger partial charge on any atom is 0.166 e. The molecule has 118 valence electrons. The lowest BCUT2D eigenvalue weighted by molar-refractivity contribution is 0.0215. The monoisotopic (exact) mass is 315 g/mol. The van der Waals surface area contributed by atoms with Gasteiger partial charge in [0.2, 0.25) is 0 Å². The fourth-order valence-electron chi connectivity index (χ4n) is 3.71. The van der Waals surface area contributed by atoms with Crippen LogP contribution in [0.5, 0.6) is 0 Å². The Kier molecular flexibility index (Phi) is 5.11. The Balaban J connectivity index is 1.41. The first-order valence-electron chi connectivity index (χ1n) is 8.18. The van der Waals surface area contributed by atoms with E-state index in [4.69, 9.17) is 12.2 Å². The zero-order valence-electron chi connectivity index (χ0n) is 13.0. The van der Waals surface area contributed by atoms with Crippen LogP contribution in [0.2, 0.25) is 0 Å². The van der Waals surface area contributed by atoms with Gasteiger partial charge in [0.05, 0.1) is 0 Å². The maximum absolute atomic E-state index is 5.40. The molecule has 4 unspecified atom stereocenters. The molecule has 0 aromatic heterocycles. The van der Waals surface area contributed by atoms with E-state index in [1.807, 2.05) is 6.07 Å². The predicted octanol–water partition coefficient (Wildman–Crippen LogP) is 2.55. The van der Waals surface area contributed by atoms with Crippen molar-refractivity contribution in [2.24, 2.45) is 11.8 Å². The lowest BCUT2D eigenvalue weighted by Gasteiger charge is -2.49. The van der Waals surface area contributed by atoms with E-state index in [9.17, 15) is 0 Å². The predicted molar refractivity (Wildman–Crippen MR) is 95.7 cm³/mol. The van der Waals surface area contributed by atoms with E-state index in [1.54, 1.807) is 0 Å². The molecule has 3 heterocycles. The largest absolute Gasteiger partial charge is 0.361 e. The number of hydrogen-bond acceptors (Lipinski definition) is 2. The van der Waals surface area contributed by atoms with Crippen molar-refractivity contribution in [3.05, 3.63) is 48.6 Å². The number of piperidine rings is 3. The van der Waals surface area contributed by atoms with E-state index in [-0.39, 0.29) is 0 Å². The van der Waals surface area contributed by atoms with Gasteiger partial charge in [-0.05, 0) is 49.0 Å². The van der Waals surface area contributed by atoms with E-state index in [0.717, 1.165) is 24.1 Å². The molecule has 1 aromatic rings. The molecule has 2 N–H and O–H groups in total. The second-order valence-corrected chi connectivity index (χ2v) is 6.79. The third-order valence-corrected chi connectivity index (χ3v) is 5.31. The highest BCUT2D eigenvalue weighted by molar-refractivity contribution is 7.80. The van der Waals surface area contributed by atoms with Gasteiger partial charge in [-0.3, -0.25) is 4.90 Å². The van der Waals surface area contributed by atoms with Gasteiger partial charge in [0.25, 0.3) is 0 Å². The van der Waals surface area contributed by atoms with Crippen LogP contribution in [0.25, 0.3) is 0 Å². The molecule has 3 aliphatic heterocycles. The van der Waals surface area contributed by atoms with Gasteiger partial charge in [-0.1, -0.05) is 36.4 Å². The average molecular weight is 315 g/mol. The number of nitrogens with zero attached hydrogens (tertiary/aromatic N) is 1. The van der Waals surface area contributed by atoms with Crippen molar-refractivity contribution in [1.29, 1.82) is 0 Å². The van der Waals surface area contributed by atoms with E-state index >= 15 is 0 Å². The van der Waals surface area contributed by atoms with Crippen LogP contribution in [0.3, 0.4) is 0 Å². The van der Waals surface area contributed by atoms with Crippen LogP contribution in [0, 0.1) is 11.8 Å². The van der Waals surface area contributed by atoms with Gasteiger partial charge < -0.3 is 10.6 Å². The molecular weight excluding hydrogens is 290 g/mol. The Morgan fingerprint density at radius 1 is 1.32 bits per heavy atom. The summed E-state index contributed by atoms with van der Waals surface area (Å²) < 4.78 is 0. The first-order valence-corrected chi connectivity index (χ1v) is 8.59. The molecule has 1 aromatic carbocycles. The fourth-order valence-corrected chi connectivity index (χ4v) is 3.87. The van der Waals surface area contributed by atoms with E-state index in [2.05, 4.69) is 52.5 Å². The molecule has 0 amide bonds. The summed E-state index contributed by atoms with van der Waals surface area (Å²) in [6.07, 6.45) is 4.74. The first-order chi connectivity index (χ1) is 10.8. The summed E-state index contributed by atoms with van der Waals surface area (Å²) >= 11 is 5.40. The lowest BCUT2D eigenvalue weighted by Crippen LogP contribution is -2.56. The number of rotatable bonds is 5. The number of fused-ring (bicyclic) bond motifs is 3. The summed E-state index contributed by atoms with van der Waals surface area (Å²) in [4.78, 5) is 2.60. The van der Waals surface area contributed by atoms with E-state index in [0.29, 0.717) is 12.0 Å². The Morgan fingerprint density at radius 3 is 2.82 bits per heavy atom. The summed E-state index contributed by atoms with van der Waals surface area (Å²) in [5, 5.41) is 7.44. The highest BCUT2D eigenvalue weighted by Crippen LogP contribution is 2.36. The number of thiocarbonyl (C=S) groups is 1. The molecule has 3 saturated heterocycles. The topological polar surface area (TPSA) is 27.3 Å². The summed E-state index contributed by atoms with van der Waals surface area (Å²) in [6, 6.07) is 11.0. The molecule has 4 atom stereocenters. The fraction of sp³-hybridized carbons (Fsp3) is 0.500. The van der Waals surface area contributed by atoms with Gasteiger partial charge in [-0.15, -0.1) is 6.58 Å². The molecule has 2 bridgehead atoms. The average Bonchev–Trinajstić information content (AvgIpc) is 2.59.